The number of guanidine groups is 1. The van der Waals surface area contributed by atoms with Crippen LogP contribution in [0.2, 0.25) is 0 Å². The maximum absolute atomic E-state index is 12.8. The van der Waals surface area contributed by atoms with Gasteiger partial charge in [0.1, 0.15) is 12.7 Å². The number of phenols is 2. The number of carbonyl (C=O) groups is 1. The highest BCUT2D eigenvalue weighted by Crippen LogP contribution is 2.32. The van der Waals surface area contributed by atoms with Gasteiger partial charge in [-0.15, -0.1) is 0 Å². The first-order valence-corrected chi connectivity index (χ1v) is 9.84. The minimum atomic E-state index is -0.703. The third kappa shape index (κ3) is 4.66. The van der Waals surface area contributed by atoms with Crippen LogP contribution in [-0.4, -0.2) is 70.8 Å². The number of piperazine rings is 1. The highest BCUT2D eigenvalue weighted by Gasteiger charge is 2.33. The Morgan fingerprint density at radius 1 is 1.16 bits per heavy atom. The van der Waals surface area contributed by atoms with E-state index in [0.29, 0.717) is 37.7 Å². The summed E-state index contributed by atoms with van der Waals surface area (Å²) in [7, 11) is 0. The largest absolute Gasteiger partial charge is 0.504 e. The Morgan fingerprint density at radius 3 is 2.39 bits per heavy atom. The molecule has 1 atom stereocenters. The topological polar surface area (TPSA) is 145 Å². The van der Waals surface area contributed by atoms with Gasteiger partial charge >= 0.3 is 0 Å². The maximum Gasteiger partial charge on any atom is 0.267 e. The number of rotatable bonds is 2. The van der Waals surface area contributed by atoms with Crippen LogP contribution in [0.4, 0.5) is 5.69 Å². The average molecular weight is 427 g/mol. The molecule has 1 aromatic rings. The van der Waals surface area contributed by atoms with Crippen molar-refractivity contribution >= 4 is 17.6 Å². The van der Waals surface area contributed by atoms with E-state index in [1.165, 1.54) is 6.07 Å². The summed E-state index contributed by atoms with van der Waals surface area (Å²) in [4.78, 5) is 20.5. The third-order valence-electron chi connectivity index (χ3n) is 5.07. The van der Waals surface area contributed by atoms with Crippen LogP contribution in [0.5, 0.6) is 11.5 Å². The lowest BCUT2D eigenvalue weighted by Gasteiger charge is -2.37. The van der Waals surface area contributed by atoms with Gasteiger partial charge in [-0.25, -0.2) is 4.99 Å². The van der Waals surface area contributed by atoms with Crippen LogP contribution in [0.3, 0.4) is 0 Å². The van der Waals surface area contributed by atoms with Crippen LogP contribution in [0.25, 0.3) is 0 Å². The molecule has 0 radical (unpaired) electrons. The van der Waals surface area contributed by atoms with Gasteiger partial charge in [-0.1, -0.05) is 0 Å². The SMILES string of the molecule is C/C=C1/OCC(C(=O)N2CCN(C(N)=Nc3cc(O)c(O)cc3C#N)CC2)O/C1=C/C. The number of benzene rings is 1. The van der Waals surface area contributed by atoms with Gasteiger partial charge in [0.05, 0.1) is 11.3 Å². The Bertz CT molecular complexity index is 987. The zero-order valence-electron chi connectivity index (χ0n) is 17.4. The van der Waals surface area contributed by atoms with E-state index in [2.05, 4.69) is 4.99 Å². The van der Waals surface area contributed by atoms with Crippen molar-refractivity contribution in [3.8, 4) is 17.6 Å². The molecule has 2 fully saturated rings. The van der Waals surface area contributed by atoms with Crippen LogP contribution in [-0.2, 0) is 14.3 Å². The Kier molecular flexibility index (Phi) is 6.55. The van der Waals surface area contributed by atoms with E-state index in [1.54, 1.807) is 22.0 Å². The van der Waals surface area contributed by atoms with Crippen molar-refractivity contribution in [2.24, 2.45) is 10.7 Å². The number of nitrogens with zero attached hydrogens (tertiary/aromatic N) is 4. The van der Waals surface area contributed by atoms with Crippen molar-refractivity contribution in [1.29, 1.82) is 5.26 Å². The fourth-order valence-electron chi connectivity index (χ4n) is 3.34. The number of aliphatic imine (C=N–C) groups is 1. The van der Waals surface area contributed by atoms with Crippen molar-refractivity contribution < 1.29 is 24.5 Å². The molecule has 31 heavy (non-hydrogen) atoms. The van der Waals surface area contributed by atoms with Crippen LogP contribution >= 0.6 is 0 Å². The van der Waals surface area contributed by atoms with Crippen molar-refractivity contribution in [1.82, 2.24) is 9.80 Å². The maximum atomic E-state index is 12.8. The summed E-state index contributed by atoms with van der Waals surface area (Å²) < 4.78 is 11.4. The molecule has 164 valence electrons. The predicted octanol–water partition coefficient (Wildman–Crippen LogP) is 1.28. The summed E-state index contributed by atoms with van der Waals surface area (Å²) in [5, 5.41) is 28.4. The summed E-state index contributed by atoms with van der Waals surface area (Å²) in [6.07, 6.45) is 2.86. The van der Waals surface area contributed by atoms with Crippen molar-refractivity contribution in [2.75, 3.05) is 32.8 Å². The van der Waals surface area contributed by atoms with Gasteiger partial charge in [0, 0.05) is 38.3 Å². The number of aromatic hydroxyl groups is 2. The molecule has 1 amide bonds. The van der Waals surface area contributed by atoms with Crippen molar-refractivity contribution in [3.05, 3.63) is 41.4 Å². The first-order chi connectivity index (χ1) is 14.9. The minimum absolute atomic E-state index is 0.0850. The van der Waals surface area contributed by atoms with E-state index in [0.717, 1.165) is 6.07 Å². The molecule has 0 aliphatic carbocycles. The van der Waals surface area contributed by atoms with Gasteiger partial charge in [-0.3, -0.25) is 4.79 Å². The van der Waals surface area contributed by atoms with Gasteiger partial charge in [0.15, 0.2) is 29.0 Å². The number of nitrogens with two attached hydrogens (primary N) is 1. The highest BCUT2D eigenvalue weighted by molar-refractivity contribution is 5.84. The smallest absolute Gasteiger partial charge is 0.267 e. The Hall–Kier alpha value is -3.87. The molecule has 2 heterocycles. The van der Waals surface area contributed by atoms with Gasteiger partial charge < -0.3 is 35.2 Å². The molecule has 10 heteroatoms. The van der Waals surface area contributed by atoms with Crippen LogP contribution in [0.1, 0.15) is 19.4 Å². The van der Waals surface area contributed by atoms with E-state index >= 15 is 0 Å². The average Bonchev–Trinajstić information content (AvgIpc) is 2.80. The molecule has 0 saturated carbocycles. The summed E-state index contributed by atoms with van der Waals surface area (Å²) in [5.74, 6) is 0.375. The summed E-state index contributed by atoms with van der Waals surface area (Å²) >= 11 is 0. The van der Waals surface area contributed by atoms with Crippen LogP contribution < -0.4 is 5.73 Å². The van der Waals surface area contributed by atoms with Gasteiger partial charge in [-0.05, 0) is 26.0 Å². The highest BCUT2D eigenvalue weighted by atomic mass is 16.6. The van der Waals surface area contributed by atoms with E-state index < -0.39 is 17.6 Å². The van der Waals surface area contributed by atoms with Gasteiger partial charge in [0.25, 0.3) is 5.91 Å². The second-order valence-electron chi connectivity index (χ2n) is 6.98. The lowest BCUT2D eigenvalue weighted by molar-refractivity contribution is -0.148. The van der Waals surface area contributed by atoms with E-state index in [9.17, 15) is 20.3 Å². The number of amides is 1. The molecule has 2 saturated heterocycles. The number of nitriles is 1. The van der Waals surface area contributed by atoms with Gasteiger partial charge in [-0.2, -0.15) is 5.26 Å². The molecular formula is C21H25N5O5. The monoisotopic (exact) mass is 427 g/mol. The fourth-order valence-corrected chi connectivity index (χ4v) is 3.34. The van der Waals surface area contributed by atoms with E-state index in [-0.39, 0.29) is 29.7 Å². The first kappa shape index (κ1) is 21.8. The second-order valence-corrected chi connectivity index (χ2v) is 6.98. The third-order valence-corrected chi connectivity index (χ3v) is 5.07. The molecule has 10 nitrogen and oxygen atoms in total. The van der Waals surface area contributed by atoms with E-state index in [4.69, 9.17) is 15.2 Å². The standard InChI is InChI=1S/C21H25N5O5/c1-3-17-18(4-2)31-19(12-30-17)20(29)25-5-7-26(8-6-25)21(23)24-14-10-16(28)15(27)9-13(14)11-22/h3-4,9-10,19,27-28H,5-8,12H2,1-2H3,(H2,23,24)/b17-3+,18-4+. The summed E-state index contributed by atoms with van der Waals surface area (Å²) in [6.45, 7) is 5.54. The quantitative estimate of drug-likeness (QED) is 0.364. The molecule has 1 aromatic carbocycles. The molecule has 3 rings (SSSR count). The molecule has 0 spiro atoms. The number of allylic oxidation sites excluding steroid dienone is 2. The number of phenolic OH excluding ortho intramolecular Hbond substituents is 2. The molecule has 4 N–H and O–H groups in total. The summed E-state index contributed by atoms with van der Waals surface area (Å²) in [6, 6.07) is 4.21. The predicted molar refractivity (Wildman–Crippen MR) is 112 cm³/mol. The Morgan fingerprint density at radius 2 is 1.77 bits per heavy atom. The zero-order chi connectivity index (χ0) is 22.5. The molecule has 2 aliphatic heterocycles. The van der Waals surface area contributed by atoms with Crippen molar-refractivity contribution in [3.63, 3.8) is 0 Å². The lowest BCUT2D eigenvalue weighted by Crippen LogP contribution is -2.55. The van der Waals surface area contributed by atoms with Gasteiger partial charge in [0.2, 0.25) is 6.10 Å². The van der Waals surface area contributed by atoms with Crippen LogP contribution in [0, 0.1) is 11.3 Å². The number of hydrogen-bond acceptors (Lipinski definition) is 7. The number of ether oxygens (including phenoxy) is 2. The Labute approximate surface area is 180 Å². The fraction of sp³-hybridized carbons (Fsp3) is 0.381. The van der Waals surface area contributed by atoms with Crippen LogP contribution in [0.15, 0.2) is 40.8 Å². The normalized spacial score (nSPS) is 22.1. The summed E-state index contributed by atoms with van der Waals surface area (Å²) in [5.41, 5.74) is 6.32. The molecule has 0 aromatic heterocycles. The number of carbonyl (C=O) groups excluding carboxylic acids is 1. The van der Waals surface area contributed by atoms with E-state index in [1.807, 2.05) is 19.9 Å². The molecule has 2 aliphatic rings. The Balaban J connectivity index is 1.63. The lowest BCUT2D eigenvalue weighted by atomic mass is 10.2. The number of hydrogen-bond donors (Lipinski definition) is 3. The molecular weight excluding hydrogens is 402 g/mol. The zero-order valence-corrected chi connectivity index (χ0v) is 17.4. The molecule has 1 unspecified atom stereocenters. The first-order valence-electron chi connectivity index (χ1n) is 9.84. The van der Waals surface area contributed by atoms with Crippen molar-refractivity contribution in [2.45, 2.75) is 20.0 Å². The minimum Gasteiger partial charge on any atom is -0.504 e. The molecule has 0 bridgehead atoms. The second kappa shape index (κ2) is 9.30.